The highest BCUT2D eigenvalue weighted by Gasteiger charge is 2.47. The van der Waals surface area contributed by atoms with Gasteiger partial charge in [-0.2, -0.15) is 0 Å². The van der Waals surface area contributed by atoms with Gasteiger partial charge < -0.3 is 14.6 Å². The molecule has 20 heavy (non-hydrogen) atoms. The van der Waals surface area contributed by atoms with E-state index >= 15 is 0 Å². The second-order valence-electron chi connectivity index (χ2n) is 6.46. The molecule has 6 heteroatoms. The summed E-state index contributed by atoms with van der Waals surface area (Å²) in [6.07, 6.45) is 1.88. The third-order valence-electron chi connectivity index (χ3n) is 3.77. The lowest BCUT2D eigenvalue weighted by Gasteiger charge is -2.29. The van der Waals surface area contributed by atoms with E-state index in [1.807, 2.05) is 0 Å². The Morgan fingerprint density at radius 1 is 1.30 bits per heavy atom. The first kappa shape index (κ1) is 15.1. The van der Waals surface area contributed by atoms with Gasteiger partial charge in [-0.15, -0.1) is 0 Å². The van der Waals surface area contributed by atoms with Crippen molar-refractivity contribution < 1.29 is 24.2 Å². The van der Waals surface area contributed by atoms with Gasteiger partial charge >= 0.3 is 12.1 Å². The van der Waals surface area contributed by atoms with Crippen LogP contribution in [0.1, 0.15) is 40.0 Å². The number of rotatable bonds is 2. The van der Waals surface area contributed by atoms with Crippen molar-refractivity contribution in [3.8, 4) is 0 Å². The number of carboxylic acids is 1. The summed E-state index contributed by atoms with van der Waals surface area (Å²) in [5.74, 6) is -1.11. The fourth-order valence-corrected chi connectivity index (χ4v) is 2.99. The van der Waals surface area contributed by atoms with Crippen molar-refractivity contribution in [1.82, 2.24) is 4.90 Å². The van der Waals surface area contributed by atoms with Crippen molar-refractivity contribution in [2.75, 3.05) is 13.2 Å². The number of ether oxygens (including phenoxy) is 2. The quantitative estimate of drug-likeness (QED) is 0.838. The van der Waals surface area contributed by atoms with Crippen LogP contribution in [0.25, 0.3) is 0 Å². The molecule has 0 spiro atoms. The Morgan fingerprint density at radius 2 is 2.00 bits per heavy atom. The Hall–Kier alpha value is -1.30. The lowest BCUT2D eigenvalue weighted by atomic mass is 9.92. The molecular formula is C14H23NO5. The molecule has 3 unspecified atom stereocenters. The van der Waals surface area contributed by atoms with Gasteiger partial charge in [0.05, 0.1) is 6.10 Å². The molecule has 0 saturated carbocycles. The van der Waals surface area contributed by atoms with Crippen molar-refractivity contribution >= 4 is 12.1 Å². The van der Waals surface area contributed by atoms with E-state index in [-0.39, 0.29) is 12.0 Å². The van der Waals surface area contributed by atoms with Crippen LogP contribution in [0.4, 0.5) is 4.79 Å². The zero-order valence-electron chi connectivity index (χ0n) is 12.3. The van der Waals surface area contributed by atoms with Crippen molar-refractivity contribution in [3.63, 3.8) is 0 Å². The third kappa shape index (κ3) is 3.23. The molecule has 0 radical (unpaired) electrons. The number of carbonyl (C=O) groups is 2. The van der Waals surface area contributed by atoms with Crippen LogP contribution in [0.5, 0.6) is 0 Å². The van der Waals surface area contributed by atoms with Gasteiger partial charge in [0.15, 0.2) is 0 Å². The van der Waals surface area contributed by atoms with Gasteiger partial charge in [0.25, 0.3) is 0 Å². The van der Waals surface area contributed by atoms with Gasteiger partial charge in [-0.3, -0.25) is 4.90 Å². The van der Waals surface area contributed by atoms with E-state index in [1.54, 1.807) is 20.8 Å². The monoisotopic (exact) mass is 285 g/mol. The maximum Gasteiger partial charge on any atom is 0.411 e. The zero-order chi connectivity index (χ0) is 14.9. The summed E-state index contributed by atoms with van der Waals surface area (Å²) in [6, 6.07) is -0.840. The predicted molar refractivity (Wildman–Crippen MR) is 71.4 cm³/mol. The van der Waals surface area contributed by atoms with Crippen LogP contribution in [-0.4, -0.2) is 53.0 Å². The van der Waals surface area contributed by atoms with Crippen LogP contribution in [-0.2, 0) is 14.3 Å². The summed E-state index contributed by atoms with van der Waals surface area (Å²) >= 11 is 0. The molecule has 6 nitrogen and oxygen atoms in total. The number of carbonyl (C=O) groups excluding carboxylic acids is 1. The number of aliphatic carboxylic acids is 1. The summed E-state index contributed by atoms with van der Waals surface area (Å²) in [5.41, 5.74) is -0.623. The Morgan fingerprint density at radius 3 is 2.50 bits per heavy atom. The molecule has 2 rings (SSSR count). The smallest absolute Gasteiger partial charge is 0.411 e. The highest BCUT2D eigenvalue weighted by atomic mass is 16.6. The van der Waals surface area contributed by atoms with Gasteiger partial charge in [-0.1, -0.05) is 0 Å². The lowest BCUT2D eigenvalue weighted by molar-refractivity contribution is -0.144. The summed E-state index contributed by atoms with van der Waals surface area (Å²) in [5, 5.41) is 9.46. The Bertz CT molecular complexity index is 384. The van der Waals surface area contributed by atoms with E-state index in [0.29, 0.717) is 19.6 Å². The summed E-state index contributed by atoms with van der Waals surface area (Å²) in [4.78, 5) is 25.0. The van der Waals surface area contributed by atoms with Crippen molar-refractivity contribution in [2.24, 2.45) is 5.92 Å². The lowest BCUT2D eigenvalue weighted by Crippen LogP contribution is -2.47. The summed E-state index contributed by atoms with van der Waals surface area (Å²) in [6.45, 7) is 6.41. The topological polar surface area (TPSA) is 76.1 Å². The molecule has 0 bridgehead atoms. The van der Waals surface area contributed by atoms with Gasteiger partial charge in [0.1, 0.15) is 11.6 Å². The highest BCUT2D eigenvalue weighted by Crippen LogP contribution is 2.34. The first-order chi connectivity index (χ1) is 9.29. The Kier molecular flexibility index (Phi) is 4.22. The van der Waals surface area contributed by atoms with Gasteiger partial charge in [-0.25, -0.2) is 9.59 Å². The Labute approximate surface area is 119 Å². The molecule has 114 valence electrons. The second-order valence-corrected chi connectivity index (χ2v) is 6.46. The highest BCUT2D eigenvalue weighted by molar-refractivity contribution is 5.81. The SMILES string of the molecule is CC(C)(C)OC(=O)N1CCC(C2CCCO2)C1C(=O)O. The van der Waals surface area contributed by atoms with E-state index in [1.165, 1.54) is 4.90 Å². The van der Waals surface area contributed by atoms with Crippen molar-refractivity contribution in [1.29, 1.82) is 0 Å². The largest absolute Gasteiger partial charge is 0.480 e. The van der Waals surface area contributed by atoms with Gasteiger partial charge in [0.2, 0.25) is 0 Å². The maximum atomic E-state index is 12.1. The van der Waals surface area contributed by atoms with Crippen LogP contribution in [0.3, 0.4) is 0 Å². The van der Waals surface area contributed by atoms with E-state index < -0.39 is 23.7 Å². The number of hydrogen-bond acceptors (Lipinski definition) is 4. The van der Waals surface area contributed by atoms with Gasteiger partial charge in [0, 0.05) is 19.1 Å². The van der Waals surface area contributed by atoms with Crippen molar-refractivity contribution in [3.05, 3.63) is 0 Å². The molecule has 1 amide bonds. The van der Waals surface area contributed by atoms with Crippen molar-refractivity contribution in [2.45, 2.75) is 57.8 Å². The minimum atomic E-state index is -0.978. The Balaban J connectivity index is 2.09. The molecule has 3 atom stereocenters. The molecule has 2 aliphatic rings. The second kappa shape index (κ2) is 5.60. The van der Waals surface area contributed by atoms with E-state index in [4.69, 9.17) is 9.47 Å². The minimum absolute atomic E-state index is 0.0523. The first-order valence-corrected chi connectivity index (χ1v) is 7.13. The fraction of sp³-hybridized carbons (Fsp3) is 0.857. The predicted octanol–water partition coefficient (Wildman–Crippen LogP) is 1.88. The molecule has 0 aliphatic carbocycles. The summed E-state index contributed by atoms with van der Waals surface area (Å²) < 4.78 is 10.9. The minimum Gasteiger partial charge on any atom is -0.480 e. The molecule has 2 saturated heterocycles. The summed E-state index contributed by atoms with van der Waals surface area (Å²) in [7, 11) is 0. The van der Waals surface area contributed by atoms with Crippen LogP contribution in [0.2, 0.25) is 0 Å². The number of amides is 1. The van der Waals surface area contributed by atoms with Crippen LogP contribution >= 0.6 is 0 Å². The van der Waals surface area contributed by atoms with E-state index in [2.05, 4.69) is 0 Å². The van der Waals surface area contributed by atoms with Crippen LogP contribution < -0.4 is 0 Å². The fourth-order valence-electron chi connectivity index (χ4n) is 2.99. The molecule has 0 aromatic carbocycles. The third-order valence-corrected chi connectivity index (χ3v) is 3.77. The normalized spacial score (nSPS) is 30.6. The molecule has 0 aromatic rings. The molecule has 0 aromatic heterocycles. The number of nitrogens with zero attached hydrogens (tertiary/aromatic N) is 1. The zero-order valence-corrected chi connectivity index (χ0v) is 12.3. The van der Waals surface area contributed by atoms with Crippen LogP contribution in [0, 0.1) is 5.92 Å². The maximum absolute atomic E-state index is 12.1. The molecule has 2 fully saturated rings. The molecule has 2 heterocycles. The average Bonchev–Trinajstić information content (AvgIpc) is 2.95. The van der Waals surface area contributed by atoms with E-state index in [0.717, 1.165) is 12.8 Å². The first-order valence-electron chi connectivity index (χ1n) is 7.13. The number of likely N-dealkylation sites (tertiary alicyclic amines) is 1. The van der Waals surface area contributed by atoms with Crippen LogP contribution in [0.15, 0.2) is 0 Å². The average molecular weight is 285 g/mol. The number of hydrogen-bond donors (Lipinski definition) is 1. The molecule has 2 aliphatic heterocycles. The number of carboxylic acid groups (broad SMARTS) is 1. The molecular weight excluding hydrogens is 262 g/mol. The molecule has 1 N–H and O–H groups in total. The standard InChI is InChI=1S/C14H23NO5/c1-14(2,3)20-13(18)15-7-6-9(11(15)12(16)17)10-5-4-8-19-10/h9-11H,4-8H2,1-3H3,(H,16,17). The van der Waals surface area contributed by atoms with Gasteiger partial charge in [-0.05, 0) is 40.0 Å². The van der Waals surface area contributed by atoms with E-state index in [9.17, 15) is 14.7 Å².